The number of methoxy groups -OCH3 is 1. The second-order valence-electron chi connectivity index (χ2n) is 4.57. The molecule has 0 radical (unpaired) electrons. The van der Waals surface area contributed by atoms with Crippen LogP contribution in [-0.2, 0) is 9.53 Å². The van der Waals surface area contributed by atoms with E-state index >= 15 is 0 Å². The van der Waals surface area contributed by atoms with Crippen LogP contribution in [0.1, 0.15) is 19.4 Å². The monoisotopic (exact) mass is 268 g/mol. The molecule has 0 spiro atoms. The average molecular weight is 268 g/mol. The Morgan fingerprint density at radius 3 is 2.56 bits per heavy atom. The number of ether oxygens (including phenoxy) is 3. The molecule has 2 rings (SSSR count). The van der Waals surface area contributed by atoms with E-state index in [2.05, 4.69) is 0 Å². The SMILES string of the molecule is COC(=O)C(C)(C)Sc1cc2c(cc1C)OCO2. The molecule has 1 aliphatic rings. The van der Waals surface area contributed by atoms with Crippen LogP contribution in [0.4, 0.5) is 0 Å². The van der Waals surface area contributed by atoms with E-state index in [1.807, 2.05) is 32.9 Å². The maximum absolute atomic E-state index is 11.7. The van der Waals surface area contributed by atoms with Crippen LogP contribution in [-0.4, -0.2) is 24.6 Å². The van der Waals surface area contributed by atoms with Crippen molar-refractivity contribution in [2.45, 2.75) is 30.4 Å². The molecule has 0 unspecified atom stereocenters. The molecular formula is C13H16O4S. The number of hydrogen-bond acceptors (Lipinski definition) is 5. The highest BCUT2D eigenvalue weighted by atomic mass is 32.2. The van der Waals surface area contributed by atoms with Gasteiger partial charge in [-0.3, -0.25) is 4.79 Å². The number of carbonyl (C=O) groups excluding carboxylic acids is 1. The van der Waals surface area contributed by atoms with Crippen LogP contribution < -0.4 is 9.47 Å². The van der Waals surface area contributed by atoms with Gasteiger partial charge in [0, 0.05) is 4.90 Å². The number of rotatable bonds is 3. The zero-order valence-corrected chi connectivity index (χ0v) is 11.7. The number of aryl methyl sites for hydroxylation is 1. The lowest BCUT2D eigenvalue weighted by atomic mass is 10.2. The topological polar surface area (TPSA) is 44.8 Å². The van der Waals surface area contributed by atoms with Crippen LogP contribution in [0.15, 0.2) is 17.0 Å². The molecule has 0 saturated carbocycles. The molecule has 1 heterocycles. The van der Waals surface area contributed by atoms with Gasteiger partial charge < -0.3 is 14.2 Å². The molecule has 0 bridgehead atoms. The van der Waals surface area contributed by atoms with Crippen molar-refractivity contribution in [3.05, 3.63) is 17.7 Å². The Labute approximate surface area is 111 Å². The smallest absolute Gasteiger partial charge is 0.321 e. The summed E-state index contributed by atoms with van der Waals surface area (Å²) in [6, 6.07) is 3.84. The van der Waals surface area contributed by atoms with Gasteiger partial charge in [0.25, 0.3) is 0 Å². The Hall–Kier alpha value is -1.36. The highest BCUT2D eigenvalue weighted by Crippen LogP contribution is 2.42. The molecule has 0 fully saturated rings. The second-order valence-corrected chi connectivity index (χ2v) is 6.24. The van der Waals surface area contributed by atoms with Gasteiger partial charge in [-0.25, -0.2) is 0 Å². The summed E-state index contributed by atoms with van der Waals surface area (Å²) < 4.78 is 14.8. The van der Waals surface area contributed by atoms with E-state index < -0.39 is 4.75 Å². The zero-order chi connectivity index (χ0) is 13.3. The van der Waals surface area contributed by atoms with Crippen molar-refractivity contribution in [1.29, 1.82) is 0 Å². The lowest BCUT2D eigenvalue weighted by molar-refractivity contribution is -0.142. The molecular weight excluding hydrogens is 252 g/mol. The van der Waals surface area contributed by atoms with Crippen LogP contribution in [0, 0.1) is 6.92 Å². The Morgan fingerprint density at radius 2 is 1.94 bits per heavy atom. The first-order chi connectivity index (χ1) is 8.44. The Morgan fingerprint density at radius 1 is 1.33 bits per heavy atom. The number of fused-ring (bicyclic) bond motifs is 1. The maximum atomic E-state index is 11.7. The van der Waals surface area contributed by atoms with Crippen molar-refractivity contribution in [3.8, 4) is 11.5 Å². The van der Waals surface area contributed by atoms with E-state index in [-0.39, 0.29) is 12.8 Å². The average Bonchev–Trinajstić information content (AvgIpc) is 2.75. The minimum absolute atomic E-state index is 0.246. The van der Waals surface area contributed by atoms with Gasteiger partial charge >= 0.3 is 5.97 Å². The molecule has 1 aliphatic heterocycles. The van der Waals surface area contributed by atoms with Gasteiger partial charge in [-0.1, -0.05) is 0 Å². The quantitative estimate of drug-likeness (QED) is 0.623. The van der Waals surface area contributed by atoms with Crippen LogP contribution in [0.25, 0.3) is 0 Å². The van der Waals surface area contributed by atoms with E-state index in [1.165, 1.54) is 18.9 Å². The molecule has 18 heavy (non-hydrogen) atoms. The molecule has 0 N–H and O–H groups in total. The van der Waals surface area contributed by atoms with Crippen molar-refractivity contribution < 1.29 is 19.0 Å². The highest BCUT2D eigenvalue weighted by Gasteiger charge is 2.31. The predicted octanol–water partition coefficient (Wildman–Crippen LogP) is 2.77. The minimum Gasteiger partial charge on any atom is -0.468 e. The van der Waals surface area contributed by atoms with Gasteiger partial charge in [-0.05, 0) is 38.5 Å². The summed E-state index contributed by atoms with van der Waals surface area (Å²) in [7, 11) is 1.40. The molecule has 1 aromatic rings. The fraction of sp³-hybridized carbons (Fsp3) is 0.462. The number of benzene rings is 1. The molecule has 0 aromatic heterocycles. The van der Waals surface area contributed by atoms with E-state index in [4.69, 9.17) is 14.2 Å². The van der Waals surface area contributed by atoms with Crippen molar-refractivity contribution in [2.24, 2.45) is 0 Å². The molecule has 98 valence electrons. The first-order valence-corrected chi connectivity index (χ1v) is 6.43. The summed E-state index contributed by atoms with van der Waals surface area (Å²) in [6.45, 7) is 5.92. The third-order valence-corrected chi connectivity index (χ3v) is 4.05. The second kappa shape index (κ2) is 4.72. The molecule has 0 saturated heterocycles. The van der Waals surface area contributed by atoms with Crippen molar-refractivity contribution in [3.63, 3.8) is 0 Å². The maximum Gasteiger partial charge on any atom is 0.321 e. The van der Waals surface area contributed by atoms with Gasteiger partial charge in [0.2, 0.25) is 6.79 Å². The third kappa shape index (κ3) is 2.41. The van der Waals surface area contributed by atoms with E-state index in [9.17, 15) is 4.79 Å². The summed E-state index contributed by atoms with van der Waals surface area (Å²) in [4.78, 5) is 12.7. The van der Waals surface area contributed by atoms with Crippen molar-refractivity contribution in [2.75, 3.05) is 13.9 Å². The molecule has 1 aromatic carbocycles. The Kier molecular flexibility index (Phi) is 3.43. The first-order valence-electron chi connectivity index (χ1n) is 5.62. The van der Waals surface area contributed by atoms with Gasteiger partial charge in [0.05, 0.1) is 7.11 Å². The normalized spacial score (nSPS) is 13.6. The minimum atomic E-state index is -0.632. The van der Waals surface area contributed by atoms with Crippen LogP contribution in [0.2, 0.25) is 0 Å². The Bertz CT molecular complexity index is 482. The fourth-order valence-corrected chi connectivity index (χ4v) is 2.80. The summed E-state index contributed by atoms with van der Waals surface area (Å²) in [5.41, 5.74) is 1.06. The lowest BCUT2D eigenvalue weighted by Gasteiger charge is -2.21. The van der Waals surface area contributed by atoms with E-state index in [0.717, 1.165) is 22.0 Å². The highest BCUT2D eigenvalue weighted by molar-refractivity contribution is 8.01. The zero-order valence-electron chi connectivity index (χ0n) is 10.9. The number of carbonyl (C=O) groups is 1. The summed E-state index contributed by atoms with van der Waals surface area (Å²) in [5.74, 6) is 1.24. The molecule has 5 heteroatoms. The molecule has 0 aliphatic carbocycles. The van der Waals surface area contributed by atoms with Crippen LogP contribution >= 0.6 is 11.8 Å². The number of esters is 1. The largest absolute Gasteiger partial charge is 0.468 e. The molecule has 0 amide bonds. The van der Waals surface area contributed by atoms with Gasteiger partial charge in [0.15, 0.2) is 11.5 Å². The molecule has 0 atom stereocenters. The number of thioether (sulfide) groups is 1. The predicted molar refractivity (Wildman–Crippen MR) is 69.3 cm³/mol. The van der Waals surface area contributed by atoms with Gasteiger partial charge in [-0.15, -0.1) is 11.8 Å². The third-order valence-electron chi connectivity index (χ3n) is 2.71. The van der Waals surface area contributed by atoms with Crippen molar-refractivity contribution >= 4 is 17.7 Å². The standard InChI is InChI=1S/C13H16O4S/c1-8-5-9-10(17-7-16-9)6-11(8)18-13(2,3)12(14)15-4/h5-6H,7H2,1-4H3. The Balaban J connectivity index is 2.27. The van der Waals surface area contributed by atoms with E-state index in [1.54, 1.807) is 0 Å². The summed E-state index contributed by atoms with van der Waals surface area (Å²) in [5, 5.41) is 0. The number of hydrogen-bond donors (Lipinski definition) is 0. The van der Waals surface area contributed by atoms with Crippen molar-refractivity contribution in [1.82, 2.24) is 0 Å². The van der Waals surface area contributed by atoms with Crippen LogP contribution in [0.5, 0.6) is 11.5 Å². The van der Waals surface area contributed by atoms with Gasteiger partial charge in [0.1, 0.15) is 4.75 Å². The van der Waals surface area contributed by atoms with E-state index in [0.29, 0.717) is 0 Å². The molecule has 4 nitrogen and oxygen atoms in total. The lowest BCUT2D eigenvalue weighted by Crippen LogP contribution is -2.28. The fourth-order valence-electron chi connectivity index (χ4n) is 1.70. The van der Waals surface area contributed by atoms with Crippen LogP contribution in [0.3, 0.4) is 0 Å². The summed E-state index contributed by atoms with van der Waals surface area (Å²) in [6.07, 6.45) is 0. The first kappa shape index (κ1) is 13.1. The summed E-state index contributed by atoms with van der Waals surface area (Å²) >= 11 is 1.46. The van der Waals surface area contributed by atoms with Gasteiger partial charge in [-0.2, -0.15) is 0 Å².